The molecular formula is C59H63N3O. The van der Waals surface area contributed by atoms with Gasteiger partial charge in [0.1, 0.15) is 11.6 Å². The van der Waals surface area contributed by atoms with E-state index in [-0.39, 0.29) is 45.2 Å². The summed E-state index contributed by atoms with van der Waals surface area (Å²) in [5, 5.41) is 11.5. The van der Waals surface area contributed by atoms with Crippen LogP contribution in [0.5, 0.6) is 5.75 Å². The number of imidazole rings is 1. The molecule has 0 radical (unpaired) electrons. The van der Waals surface area contributed by atoms with Crippen molar-refractivity contribution >= 4 is 11.0 Å². The first-order valence-corrected chi connectivity index (χ1v) is 22.3. The third kappa shape index (κ3) is 8.01. The van der Waals surface area contributed by atoms with Crippen LogP contribution in [0.3, 0.4) is 0 Å². The van der Waals surface area contributed by atoms with Crippen molar-refractivity contribution in [3.63, 3.8) is 0 Å². The normalized spacial score (nSPS) is 14.3. The van der Waals surface area contributed by atoms with Gasteiger partial charge in [-0.2, -0.15) is 0 Å². The van der Waals surface area contributed by atoms with Crippen molar-refractivity contribution in [3.05, 3.63) is 168 Å². The van der Waals surface area contributed by atoms with Gasteiger partial charge in [0, 0.05) is 21.4 Å². The van der Waals surface area contributed by atoms with Gasteiger partial charge in [-0.1, -0.05) is 147 Å². The third-order valence-corrected chi connectivity index (χ3v) is 13.8. The first kappa shape index (κ1) is 34.3. The maximum atomic E-state index is 11.5. The second-order valence-corrected chi connectivity index (χ2v) is 18.4. The fourth-order valence-electron chi connectivity index (χ4n) is 8.94. The van der Waals surface area contributed by atoms with E-state index in [9.17, 15) is 9.22 Å². The lowest BCUT2D eigenvalue weighted by Crippen LogP contribution is -2.25. The standard InChI is InChI=1S/C59H63N3O/c1-11-58(9,12-2)48-26-21-27-49(59(10,13-3)14-4)54(48)42-30-31-51(39(5)34-42)62-52-28-20-25-46(55(52)61-56(62)47-24-18-19-29-53(47)63)43-35-44(37-45(36-43)57(6,7)8)50-38-41(32-33-60-50)40-22-16-15-17-23-40/h15-38,63H,11-14H2,1-10H3/i5D3,15D,16D,17D,22D,23D. The van der Waals surface area contributed by atoms with Crippen LogP contribution in [0.1, 0.15) is 121 Å². The number of rotatable bonds is 12. The van der Waals surface area contributed by atoms with Crippen molar-refractivity contribution in [2.24, 2.45) is 0 Å². The smallest absolute Gasteiger partial charge is 0.149 e. The molecule has 0 aliphatic rings. The van der Waals surface area contributed by atoms with E-state index >= 15 is 0 Å². The minimum absolute atomic E-state index is 0.00449. The van der Waals surface area contributed by atoms with Crippen LogP contribution >= 0.6 is 0 Å². The van der Waals surface area contributed by atoms with Crippen molar-refractivity contribution in [3.8, 4) is 67.5 Å². The second kappa shape index (κ2) is 17.1. The lowest BCUT2D eigenvalue weighted by molar-refractivity contribution is 0.426. The summed E-state index contributed by atoms with van der Waals surface area (Å²) < 4.78 is 71.6. The zero-order valence-corrected chi connectivity index (χ0v) is 38.1. The van der Waals surface area contributed by atoms with E-state index in [1.54, 1.807) is 36.5 Å². The SMILES string of the molecule is [2H]c1c([2H])c([2H])c(-c2ccnc(-c3cc(-c4cccc5c4nc(-c4ccccc4O)n5-c4ccc(-c5c(C(C)(CC)CC)cccc5C(C)(CC)CC)cc4C([2H])([2H])[2H])cc(C(C)(C)C)c3)c2)c([2H])c1[2H]. The monoisotopic (exact) mass is 838 g/mol. The van der Waals surface area contributed by atoms with Gasteiger partial charge in [-0.3, -0.25) is 9.55 Å². The summed E-state index contributed by atoms with van der Waals surface area (Å²) in [6.07, 6.45) is 5.24. The Bertz CT molecular complexity index is 3270. The number of aryl methyl sites for hydroxylation is 1. The van der Waals surface area contributed by atoms with E-state index in [1.165, 1.54) is 11.1 Å². The Balaban J connectivity index is 1.40. The molecule has 0 bridgehead atoms. The molecule has 0 spiro atoms. The van der Waals surface area contributed by atoms with Crippen molar-refractivity contribution in [1.82, 2.24) is 14.5 Å². The molecule has 320 valence electrons. The lowest BCUT2D eigenvalue weighted by Gasteiger charge is -2.36. The van der Waals surface area contributed by atoms with Gasteiger partial charge < -0.3 is 5.11 Å². The topological polar surface area (TPSA) is 50.9 Å². The molecule has 0 saturated heterocycles. The molecule has 0 fully saturated rings. The van der Waals surface area contributed by atoms with Gasteiger partial charge in [-0.15, -0.1) is 0 Å². The molecule has 2 heterocycles. The number of fused-ring (bicyclic) bond motifs is 1. The van der Waals surface area contributed by atoms with E-state index in [4.69, 9.17) is 16.8 Å². The van der Waals surface area contributed by atoms with Crippen molar-refractivity contribution < 1.29 is 16.1 Å². The Hall–Kier alpha value is -6.26. The zero-order valence-electron chi connectivity index (χ0n) is 46.1. The highest BCUT2D eigenvalue weighted by Crippen LogP contribution is 2.47. The van der Waals surface area contributed by atoms with Crippen LogP contribution in [-0.2, 0) is 16.2 Å². The number of aromatic nitrogens is 3. The number of benzene rings is 6. The second-order valence-electron chi connectivity index (χ2n) is 18.4. The van der Waals surface area contributed by atoms with Crippen LogP contribution in [-0.4, -0.2) is 19.6 Å². The average Bonchev–Trinajstić information content (AvgIpc) is 3.75. The molecule has 0 unspecified atom stereocenters. The summed E-state index contributed by atoms with van der Waals surface area (Å²) in [5.41, 5.74) is 10.3. The maximum absolute atomic E-state index is 11.5. The molecular weight excluding hydrogens is 767 g/mol. The molecule has 0 aliphatic carbocycles. The number of hydrogen-bond donors (Lipinski definition) is 1. The molecule has 63 heavy (non-hydrogen) atoms. The Labute approximate surface area is 387 Å². The predicted octanol–water partition coefficient (Wildman–Crippen LogP) is 16.2. The van der Waals surface area contributed by atoms with E-state index in [0.29, 0.717) is 39.4 Å². The van der Waals surface area contributed by atoms with Crippen LogP contribution < -0.4 is 0 Å². The molecule has 6 aromatic carbocycles. The molecule has 1 N–H and O–H groups in total. The van der Waals surface area contributed by atoms with Crippen LogP contribution in [0, 0.1) is 6.85 Å². The highest BCUT2D eigenvalue weighted by Gasteiger charge is 2.33. The number of nitrogens with zero attached hydrogens (tertiary/aromatic N) is 3. The number of para-hydroxylation sites is 2. The molecule has 0 aliphatic heterocycles. The summed E-state index contributed by atoms with van der Waals surface area (Å²) in [5.74, 6) is 0.370. The Morgan fingerprint density at radius 2 is 1.27 bits per heavy atom. The molecule has 8 aromatic rings. The fraction of sp³-hybridized carbons (Fsp3) is 0.288. The van der Waals surface area contributed by atoms with Gasteiger partial charge in [0.15, 0.2) is 0 Å². The van der Waals surface area contributed by atoms with Crippen molar-refractivity contribution in [2.75, 3.05) is 0 Å². The minimum Gasteiger partial charge on any atom is -0.507 e. The molecule has 4 nitrogen and oxygen atoms in total. The predicted molar refractivity (Wildman–Crippen MR) is 267 cm³/mol. The quantitative estimate of drug-likeness (QED) is 0.133. The van der Waals surface area contributed by atoms with Crippen LogP contribution in [0.25, 0.3) is 72.7 Å². The minimum atomic E-state index is -2.56. The third-order valence-electron chi connectivity index (χ3n) is 13.8. The zero-order chi connectivity index (χ0) is 51.5. The van der Waals surface area contributed by atoms with E-state index in [0.717, 1.165) is 59.1 Å². The number of hydrogen-bond acceptors (Lipinski definition) is 3. The van der Waals surface area contributed by atoms with E-state index < -0.39 is 25.0 Å². The van der Waals surface area contributed by atoms with Gasteiger partial charge in [-0.25, -0.2) is 4.98 Å². The first-order valence-electron chi connectivity index (χ1n) is 26.3. The molecule has 0 amide bonds. The summed E-state index contributed by atoms with van der Waals surface area (Å²) in [6.45, 7) is 17.3. The fourth-order valence-corrected chi connectivity index (χ4v) is 8.94. The summed E-state index contributed by atoms with van der Waals surface area (Å²) in [6, 6.07) is 33.0. The van der Waals surface area contributed by atoms with Crippen molar-refractivity contribution in [2.45, 2.75) is 111 Å². The Kier molecular flexibility index (Phi) is 9.31. The highest BCUT2D eigenvalue weighted by atomic mass is 16.3. The Morgan fingerprint density at radius 1 is 0.619 bits per heavy atom. The van der Waals surface area contributed by atoms with Gasteiger partial charge >= 0.3 is 0 Å². The summed E-state index contributed by atoms with van der Waals surface area (Å²) in [4.78, 5) is 10.1. The van der Waals surface area contributed by atoms with Crippen molar-refractivity contribution in [1.29, 1.82) is 0 Å². The van der Waals surface area contributed by atoms with E-state index in [1.807, 2.05) is 47.0 Å². The number of phenolic OH excluding ortho intramolecular Hbond substituents is 1. The molecule has 0 saturated carbocycles. The average molecular weight is 838 g/mol. The largest absolute Gasteiger partial charge is 0.507 e. The van der Waals surface area contributed by atoms with Gasteiger partial charge in [0.2, 0.25) is 0 Å². The highest BCUT2D eigenvalue weighted by molar-refractivity contribution is 5.97. The van der Waals surface area contributed by atoms with Gasteiger partial charge in [0.05, 0.1) is 34.8 Å². The van der Waals surface area contributed by atoms with Crippen LogP contribution in [0.4, 0.5) is 0 Å². The van der Waals surface area contributed by atoms with Gasteiger partial charge in [-0.05, 0) is 153 Å². The molecule has 0 atom stereocenters. The van der Waals surface area contributed by atoms with Crippen LogP contribution in [0.2, 0.25) is 0 Å². The molecule has 8 rings (SSSR count). The maximum Gasteiger partial charge on any atom is 0.149 e. The Morgan fingerprint density at radius 3 is 1.92 bits per heavy atom. The number of phenols is 1. The van der Waals surface area contributed by atoms with Crippen LogP contribution in [0.15, 0.2) is 146 Å². The van der Waals surface area contributed by atoms with Gasteiger partial charge in [0.25, 0.3) is 0 Å². The summed E-state index contributed by atoms with van der Waals surface area (Å²) in [7, 11) is 0. The summed E-state index contributed by atoms with van der Waals surface area (Å²) >= 11 is 0. The van der Waals surface area contributed by atoms with E-state index in [2.05, 4.69) is 98.7 Å². The lowest BCUT2D eigenvalue weighted by atomic mass is 9.68. The first-order chi connectivity index (χ1) is 33.5. The molecule has 2 aromatic heterocycles. The number of aromatic hydroxyl groups is 1. The number of pyridine rings is 1. The molecule has 4 heteroatoms.